The maximum atomic E-state index is 12.4. The maximum absolute atomic E-state index is 12.4. The molecule has 0 spiro atoms. The molecule has 1 aliphatic heterocycles. The fraction of sp³-hybridized carbons (Fsp3) is 0.583. The molecule has 0 amide bonds. The number of rotatable bonds is 4. The van der Waals surface area contributed by atoms with Crippen LogP contribution in [-0.4, -0.2) is 55.1 Å². The number of nitrogens with one attached hydrogen (secondary N) is 1. The van der Waals surface area contributed by atoms with Gasteiger partial charge in [0.1, 0.15) is 10.6 Å². The summed E-state index contributed by atoms with van der Waals surface area (Å²) in [7, 11) is -2.12. The van der Waals surface area contributed by atoms with E-state index in [1.807, 2.05) is 6.92 Å². The summed E-state index contributed by atoms with van der Waals surface area (Å²) in [6.45, 7) is 2.72. The van der Waals surface area contributed by atoms with Crippen LogP contribution in [0.25, 0.3) is 0 Å². The summed E-state index contributed by atoms with van der Waals surface area (Å²) in [6, 6.07) is 1.14. The summed E-state index contributed by atoms with van der Waals surface area (Å²) in [4.78, 5) is 13.2. The first-order valence-electron chi connectivity index (χ1n) is 6.31. The average molecular weight is 302 g/mol. The van der Waals surface area contributed by atoms with Crippen molar-refractivity contribution in [1.82, 2.24) is 9.29 Å². The van der Waals surface area contributed by atoms with Crippen molar-refractivity contribution in [3.05, 3.63) is 18.0 Å². The third-order valence-corrected chi connectivity index (χ3v) is 5.52. The summed E-state index contributed by atoms with van der Waals surface area (Å²) in [5.74, 6) is -0.888. The van der Waals surface area contributed by atoms with Crippen LogP contribution in [-0.2, 0) is 14.8 Å². The molecule has 2 heterocycles. The Bertz CT molecular complexity index is 595. The van der Waals surface area contributed by atoms with Crippen molar-refractivity contribution in [2.24, 2.45) is 5.92 Å². The SMILES string of the molecule is CO[C@@H]1CN(S(=O)(=O)c2c[nH]c(C(=O)O)c2)CC[C@H]1C. The van der Waals surface area contributed by atoms with Crippen LogP contribution in [0.5, 0.6) is 0 Å². The molecular formula is C12H18N2O5S. The lowest BCUT2D eigenvalue weighted by Crippen LogP contribution is -2.46. The minimum atomic E-state index is -3.68. The van der Waals surface area contributed by atoms with E-state index in [9.17, 15) is 13.2 Å². The summed E-state index contributed by atoms with van der Waals surface area (Å²) in [5.41, 5.74) is -0.141. The van der Waals surface area contributed by atoms with Gasteiger partial charge in [-0.1, -0.05) is 6.92 Å². The Morgan fingerprint density at radius 2 is 2.25 bits per heavy atom. The molecule has 1 aliphatic rings. The normalized spacial score (nSPS) is 24.7. The van der Waals surface area contributed by atoms with Gasteiger partial charge in [-0.15, -0.1) is 0 Å². The Morgan fingerprint density at radius 3 is 2.80 bits per heavy atom. The minimum Gasteiger partial charge on any atom is -0.477 e. The molecular weight excluding hydrogens is 284 g/mol. The standard InChI is InChI=1S/C12H18N2O5S/c1-8-3-4-14(7-11(8)19-2)20(17,18)9-5-10(12(15)16)13-6-9/h5-6,8,11,13H,3-4,7H2,1-2H3,(H,15,16)/t8-,11-/m1/s1. The van der Waals surface area contributed by atoms with E-state index in [0.717, 1.165) is 6.07 Å². The molecule has 112 valence electrons. The van der Waals surface area contributed by atoms with Crippen LogP contribution < -0.4 is 0 Å². The molecule has 0 radical (unpaired) electrons. The highest BCUT2D eigenvalue weighted by atomic mass is 32.2. The zero-order valence-corrected chi connectivity index (χ0v) is 12.2. The first-order valence-corrected chi connectivity index (χ1v) is 7.75. The molecule has 0 unspecified atom stereocenters. The molecule has 0 aromatic carbocycles. The molecule has 20 heavy (non-hydrogen) atoms. The molecule has 1 aromatic rings. The predicted octanol–water partition coefficient (Wildman–Crippen LogP) is 0.758. The summed E-state index contributed by atoms with van der Waals surface area (Å²) in [6.07, 6.45) is 1.78. The number of carbonyl (C=O) groups is 1. The van der Waals surface area contributed by atoms with Gasteiger partial charge in [0.2, 0.25) is 10.0 Å². The number of sulfonamides is 1. The second-order valence-corrected chi connectivity index (χ2v) is 6.90. The van der Waals surface area contributed by atoms with Gasteiger partial charge in [0.25, 0.3) is 0 Å². The van der Waals surface area contributed by atoms with Crippen LogP contribution in [0, 0.1) is 5.92 Å². The predicted molar refractivity (Wildman–Crippen MR) is 71.1 cm³/mol. The van der Waals surface area contributed by atoms with Gasteiger partial charge >= 0.3 is 5.97 Å². The topological polar surface area (TPSA) is 99.7 Å². The monoisotopic (exact) mass is 302 g/mol. The Kier molecular flexibility index (Phi) is 4.17. The van der Waals surface area contributed by atoms with Crippen molar-refractivity contribution in [2.75, 3.05) is 20.2 Å². The lowest BCUT2D eigenvalue weighted by molar-refractivity contribution is 0.0184. The van der Waals surface area contributed by atoms with Gasteiger partial charge in [0, 0.05) is 26.4 Å². The van der Waals surface area contributed by atoms with Crippen molar-refractivity contribution in [2.45, 2.75) is 24.3 Å². The Morgan fingerprint density at radius 1 is 1.55 bits per heavy atom. The highest BCUT2D eigenvalue weighted by Gasteiger charge is 2.34. The molecule has 2 N–H and O–H groups in total. The van der Waals surface area contributed by atoms with Gasteiger partial charge in [-0.25, -0.2) is 13.2 Å². The lowest BCUT2D eigenvalue weighted by atomic mass is 9.97. The van der Waals surface area contributed by atoms with Crippen LogP contribution in [0.2, 0.25) is 0 Å². The number of nitrogens with zero attached hydrogens (tertiary/aromatic N) is 1. The van der Waals surface area contributed by atoms with E-state index in [0.29, 0.717) is 18.9 Å². The molecule has 0 bridgehead atoms. The van der Waals surface area contributed by atoms with E-state index >= 15 is 0 Å². The van der Waals surface area contributed by atoms with Crippen LogP contribution in [0.15, 0.2) is 17.2 Å². The van der Waals surface area contributed by atoms with Crippen molar-refractivity contribution in [1.29, 1.82) is 0 Å². The second-order valence-electron chi connectivity index (χ2n) is 4.96. The Balaban J connectivity index is 2.23. The molecule has 2 rings (SSSR count). The number of aromatic carboxylic acids is 1. The van der Waals surface area contributed by atoms with Crippen LogP contribution >= 0.6 is 0 Å². The smallest absolute Gasteiger partial charge is 0.352 e. The number of H-pyrrole nitrogens is 1. The van der Waals surface area contributed by atoms with Gasteiger partial charge in [0.15, 0.2) is 0 Å². The molecule has 1 saturated heterocycles. The average Bonchev–Trinajstić information content (AvgIpc) is 2.89. The fourth-order valence-corrected chi connectivity index (χ4v) is 3.79. The van der Waals surface area contributed by atoms with Crippen LogP contribution in [0.1, 0.15) is 23.8 Å². The molecule has 0 aliphatic carbocycles. The molecule has 8 heteroatoms. The van der Waals surface area contributed by atoms with Gasteiger partial charge in [-0.3, -0.25) is 0 Å². The Hall–Kier alpha value is -1.38. The Labute approximate surface area is 117 Å². The van der Waals surface area contributed by atoms with Gasteiger partial charge in [-0.2, -0.15) is 4.31 Å². The van der Waals surface area contributed by atoms with Crippen molar-refractivity contribution in [3.8, 4) is 0 Å². The molecule has 1 aromatic heterocycles. The number of methoxy groups -OCH3 is 1. The third-order valence-electron chi connectivity index (χ3n) is 3.68. The third kappa shape index (κ3) is 2.72. The highest BCUT2D eigenvalue weighted by molar-refractivity contribution is 7.89. The van der Waals surface area contributed by atoms with Crippen LogP contribution in [0.4, 0.5) is 0 Å². The van der Waals surface area contributed by atoms with Gasteiger partial charge in [-0.05, 0) is 18.4 Å². The summed E-state index contributed by atoms with van der Waals surface area (Å²) in [5, 5.41) is 8.83. The number of aromatic nitrogens is 1. The maximum Gasteiger partial charge on any atom is 0.352 e. The fourth-order valence-electron chi connectivity index (χ4n) is 2.33. The van der Waals surface area contributed by atoms with E-state index in [4.69, 9.17) is 9.84 Å². The van der Waals surface area contributed by atoms with Gasteiger partial charge < -0.3 is 14.8 Å². The summed E-state index contributed by atoms with van der Waals surface area (Å²) >= 11 is 0. The lowest BCUT2D eigenvalue weighted by Gasteiger charge is -2.35. The number of carboxylic acid groups (broad SMARTS) is 1. The van der Waals surface area contributed by atoms with Crippen molar-refractivity contribution in [3.63, 3.8) is 0 Å². The number of carboxylic acids is 1. The first kappa shape index (κ1) is 15.0. The number of ether oxygens (including phenoxy) is 1. The number of piperidine rings is 1. The van der Waals surface area contributed by atoms with E-state index in [1.54, 1.807) is 7.11 Å². The van der Waals surface area contributed by atoms with E-state index in [-0.39, 0.29) is 23.2 Å². The molecule has 1 fully saturated rings. The van der Waals surface area contributed by atoms with E-state index in [2.05, 4.69) is 4.98 Å². The minimum absolute atomic E-state index is 0.0284. The van der Waals surface area contributed by atoms with Gasteiger partial charge in [0.05, 0.1) is 6.10 Å². The zero-order chi connectivity index (χ0) is 14.9. The van der Waals surface area contributed by atoms with Crippen molar-refractivity contribution >= 4 is 16.0 Å². The summed E-state index contributed by atoms with van der Waals surface area (Å²) < 4.78 is 31.5. The quantitative estimate of drug-likeness (QED) is 0.855. The number of aromatic amines is 1. The number of hydrogen-bond acceptors (Lipinski definition) is 4. The first-order chi connectivity index (χ1) is 9.36. The van der Waals surface area contributed by atoms with Crippen LogP contribution in [0.3, 0.4) is 0 Å². The zero-order valence-electron chi connectivity index (χ0n) is 11.4. The van der Waals surface area contributed by atoms with Crippen molar-refractivity contribution < 1.29 is 23.1 Å². The highest BCUT2D eigenvalue weighted by Crippen LogP contribution is 2.25. The largest absolute Gasteiger partial charge is 0.477 e. The van der Waals surface area contributed by atoms with E-state index < -0.39 is 16.0 Å². The second kappa shape index (κ2) is 5.55. The molecule has 0 saturated carbocycles. The number of hydrogen-bond donors (Lipinski definition) is 2. The molecule has 7 nitrogen and oxygen atoms in total. The van der Waals surface area contributed by atoms with E-state index in [1.165, 1.54) is 10.5 Å². The molecule has 2 atom stereocenters.